The third-order valence-corrected chi connectivity index (χ3v) is 3.72. The first-order valence-electron chi connectivity index (χ1n) is 6.62. The van der Waals surface area contributed by atoms with Gasteiger partial charge in [0.05, 0.1) is 12.6 Å². The third kappa shape index (κ3) is 2.15. The summed E-state index contributed by atoms with van der Waals surface area (Å²) in [6, 6.07) is 4.23. The Morgan fingerprint density at radius 3 is 3.17 bits per heavy atom. The van der Waals surface area contributed by atoms with Gasteiger partial charge in [-0.3, -0.25) is 4.79 Å². The van der Waals surface area contributed by atoms with E-state index in [0.717, 1.165) is 31.6 Å². The first-order valence-corrected chi connectivity index (χ1v) is 6.62. The summed E-state index contributed by atoms with van der Waals surface area (Å²) in [5, 5.41) is 3.21. The number of likely N-dealkylation sites (tertiary alicyclic amines) is 1. The van der Waals surface area contributed by atoms with Gasteiger partial charge in [0, 0.05) is 31.5 Å². The molecule has 98 valence electrons. The van der Waals surface area contributed by atoms with E-state index in [1.165, 1.54) is 0 Å². The fraction of sp³-hybridized carbons (Fsp3) is 0.615. The van der Waals surface area contributed by atoms with Crippen LogP contribution in [0.5, 0.6) is 0 Å². The monoisotopic (exact) mass is 249 g/mol. The van der Waals surface area contributed by atoms with E-state index in [-0.39, 0.29) is 18.1 Å². The van der Waals surface area contributed by atoms with Gasteiger partial charge in [-0.2, -0.15) is 0 Å². The van der Waals surface area contributed by atoms with Gasteiger partial charge in [-0.1, -0.05) is 0 Å². The minimum atomic E-state index is -0.311. The van der Waals surface area contributed by atoms with Crippen molar-refractivity contribution in [1.82, 2.24) is 15.2 Å². The zero-order chi connectivity index (χ0) is 12.4. The number of ether oxygens (including phenoxy) is 1. The van der Waals surface area contributed by atoms with Gasteiger partial charge >= 0.3 is 0 Å². The molecule has 1 amide bonds. The van der Waals surface area contributed by atoms with Crippen molar-refractivity contribution in [2.75, 3.05) is 26.2 Å². The first kappa shape index (κ1) is 11.7. The molecule has 2 unspecified atom stereocenters. The summed E-state index contributed by atoms with van der Waals surface area (Å²) in [5.74, 6) is 0.124. The van der Waals surface area contributed by atoms with Crippen LogP contribution in [0.15, 0.2) is 18.3 Å². The van der Waals surface area contributed by atoms with E-state index < -0.39 is 0 Å². The number of aromatic amines is 1. The lowest BCUT2D eigenvalue weighted by Gasteiger charge is -2.30. The Kier molecular flexibility index (Phi) is 3.34. The SMILES string of the molecule is O=C(C1CNCCO1)N1CCCC1c1ccc[nH]1. The Bertz CT molecular complexity index is 398. The minimum Gasteiger partial charge on any atom is -0.366 e. The lowest BCUT2D eigenvalue weighted by molar-refractivity contribution is -0.146. The highest BCUT2D eigenvalue weighted by Gasteiger charge is 2.35. The summed E-state index contributed by atoms with van der Waals surface area (Å²) in [4.78, 5) is 17.6. The molecule has 0 aliphatic carbocycles. The van der Waals surface area contributed by atoms with Crippen LogP contribution in [0.1, 0.15) is 24.6 Å². The number of morpholine rings is 1. The standard InChI is InChI=1S/C13H19N3O2/c17-13(12-9-14-6-8-18-12)16-7-2-4-11(16)10-3-1-5-15-10/h1,3,5,11-12,14-15H,2,4,6-9H2. The number of carbonyl (C=O) groups excluding carboxylic acids is 1. The Morgan fingerprint density at radius 2 is 2.44 bits per heavy atom. The molecular weight excluding hydrogens is 230 g/mol. The maximum atomic E-state index is 12.5. The fourth-order valence-corrected chi connectivity index (χ4v) is 2.81. The maximum absolute atomic E-state index is 12.5. The quantitative estimate of drug-likeness (QED) is 0.810. The molecule has 2 aliphatic heterocycles. The zero-order valence-corrected chi connectivity index (χ0v) is 10.4. The van der Waals surface area contributed by atoms with Crippen molar-refractivity contribution < 1.29 is 9.53 Å². The van der Waals surface area contributed by atoms with Crippen LogP contribution in [0.3, 0.4) is 0 Å². The number of aromatic nitrogens is 1. The topological polar surface area (TPSA) is 57.4 Å². The average Bonchev–Trinajstić information content (AvgIpc) is 3.09. The molecule has 18 heavy (non-hydrogen) atoms. The van der Waals surface area contributed by atoms with Crippen LogP contribution >= 0.6 is 0 Å². The van der Waals surface area contributed by atoms with E-state index in [1.807, 2.05) is 17.2 Å². The summed E-state index contributed by atoms with van der Waals surface area (Å²) < 4.78 is 5.55. The van der Waals surface area contributed by atoms with E-state index >= 15 is 0 Å². The van der Waals surface area contributed by atoms with Crippen molar-refractivity contribution in [3.63, 3.8) is 0 Å². The van der Waals surface area contributed by atoms with Crippen molar-refractivity contribution in [1.29, 1.82) is 0 Å². The van der Waals surface area contributed by atoms with E-state index in [0.29, 0.717) is 13.2 Å². The van der Waals surface area contributed by atoms with Gasteiger partial charge in [0.25, 0.3) is 5.91 Å². The summed E-state index contributed by atoms with van der Waals surface area (Å²) in [7, 11) is 0. The molecule has 0 spiro atoms. The predicted octanol–water partition coefficient (Wildman–Crippen LogP) is 0.667. The summed E-state index contributed by atoms with van der Waals surface area (Å²) >= 11 is 0. The number of hydrogen-bond donors (Lipinski definition) is 2. The van der Waals surface area contributed by atoms with Crippen LogP contribution in [-0.2, 0) is 9.53 Å². The van der Waals surface area contributed by atoms with Gasteiger partial charge in [-0.25, -0.2) is 0 Å². The molecule has 2 aliphatic rings. The molecule has 3 rings (SSSR count). The molecule has 3 heterocycles. The number of hydrogen-bond acceptors (Lipinski definition) is 3. The van der Waals surface area contributed by atoms with Crippen LogP contribution in [0, 0.1) is 0 Å². The fourth-order valence-electron chi connectivity index (χ4n) is 2.81. The Morgan fingerprint density at radius 1 is 1.50 bits per heavy atom. The van der Waals surface area contributed by atoms with Crippen LogP contribution in [-0.4, -0.2) is 48.1 Å². The van der Waals surface area contributed by atoms with Crippen LogP contribution in [0.4, 0.5) is 0 Å². The summed E-state index contributed by atoms with van der Waals surface area (Å²) in [6.45, 7) is 2.93. The van der Waals surface area contributed by atoms with Gasteiger partial charge in [-0.15, -0.1) is 0 Å². The van der Waals surface area contributed by atoms with Gasteiger partial charge < -0.3 is 19.9 Å². The van der Waals surface area contributed by atoms with Crippen molar-refractivity contribution >= 4 is 5.91 Å². The van der Waals surface area contributed by atoms with Crippen molar-refractivity contribution in [2.24, 2.45) is 0 Å². The molecule has 0 radical (unpaired) electrons. The molecule has 1 aromatic heterocycles. The van der Waals surface area contributed by atoms with Crippen LogP contribution in [0.2, 0.25) is 0 Å². The lowest BCUT2D eigenvalue weighted by atomic mass is 10.1. The molecular formula is C13H19N3O2. The molecule has 2 N–H and O–H groups in total. The number of nitrogens with zero attached hydrogens (tertiary/aromatic N) is 1. The predicted molar refractivity (Wildman–Crippen MR) is 67.1 cm³/mol. The molecule has 2 atom stereocenters. The normalized spacial score (nSPS) is 28.6. The Balaban J connectivity index is 1.72. The van der Waals surface area contributed by atoms with E-state index in [9.17, 15) is 4.79 Å². The van der Waals surface area contributed by atoms with Crippen LogP contribution < -0.4 is 5.32 Å². The Hall–Kier alpha value is -1.33. The number of rotatable bonds is 2. The van der Waals surface area contributed by atoms with E-state index in [4.69, 9.17) is 4.74 Å². The highest BCUT2D eigenvalue weighted by Crippen LogP contribution is 2.31. The molecule has 0 bridgehead atoms. The van der Waals surface area contributed by atoms with E-state index in [1.54, 1.807) is 0 Å². The molecule has 1 aromatic rings. The molecule has 0 saturated carbocycles. The average molecular weight is 249 g/mol. The van der Waals surface area contributed by atoms with Crippen molar-refractivity contribution in [2.45, 2.75) is 25.0 Å². The summed E-state index contributed by atoms with van der Waals surface area (Å²) in [5.41, 5.74) is 1.13. The van der Waals surface area contributed by atoms with Gasteiger partial charge in [0.1, 0.15) is 6.10 Å². The Labute approximate surface area is 106 Å². The van der Waals surface area contributed by atoms with Crippen LogP contribution in [0.25, 0.3) is 0 Å². The van der Waals surface area contributed by atoms with Crippen molar-refractivity contribution in [3.8, 4) is 0 Å². The number of H-pyrrole nitrogens is 1. The second kappa shape index (κ2) is 5.12. The second-order valence-electron chi connectivity index (χ2n) is 4.88. The van der Waals surface area contributed by atoms with Gasteiger partial charge in [0.2, 0.25) is 0 Å². The summed E-state index contributed by atoms with van der Waals surface area (Å²) in [6.07, 6.45) is 3.70. The number of carbonyl (C=O) groups is 1. The highest BCUT2D eigenvalue weighted by atomic mass is 16.5. The largest absolute Gasteiger partial charge is 0.366 e. The van der Waals surface area contributed by atoms with Gasteiger partial charge in [0.15, 0.2) is 0 Å². The molecule has 5 nitrogen and oxygen atoms in total. The molecule has 2 saturated heterocycles. The zero-order valence-electron chi connectivity index (χ0n) is 10.4. The maximum Gasteiger partial charge on any atom is 0.253 e. The first-order chi connectivity index (χ1) is 8.86. The number of amides is 1. The molecule has 2 fully saturated rings. The molecule has 5 heteroatoms. The smallest absolute Gasteiger partial charge is 0.253 e. The third-order valence-electron chi connectivity index (χ3n) is 3.72. The van der Waals surface area contributed by atoms with Crippen molar-refractivity contribution in [3.05, 3.63) is 24.0 Å². The highest BCUT2D eigenvalue weighted by molar-refractivity contribution is 5.82. The second-order valence-corrected chi connectivity index (χ2v) is 4.88. The lowest BCUT2D eigenvalue weighted by Crippen LogP contribution is -2.49. The number of nitrogens with one attached hydrogen (secondary N) is 2. The molecule has 0 aromatic carbocycles. The van der Waals surface area contributed by atoms with E-state index in [2.05, 4.69) is 16.4 Å². The minimum absolute atomic E-state index is 0.124. The van der Waals surface area contributed by atoms with Gasteiger partial charge in [-0.05, 0) is 25.0 Å².